The zero-order chi connectivity index (χ0) is 57.3. The van der Waals surface area contributed by atoms with Gasteiger partial charge in [-0.3, -0.25) is 28.9 Å². The molecule has 3 aromatic carbocycles. The number of rotatable bonds is 21. The molecule has 0 aliphatic carbocycles. The number of β-amino-alcohol motifs (C(OH)–C–C–N with tert-alkyl or cyclic N) is 1. The number of methoxy groups -OCH3 is 1. The number of amides is 4. The quantitative estimate of drug-likeness (QED) is 0.0516. The largest absolute Gasteiger partial charge is 0.494 e. The van der Waals surface area contributed by atoms with Crippen LogP contribution in [0.2, 0.25) is 0 Å². The minimum atomic E-state index is -3.57. The predicted molar refractivity (Wildman–Crippen MR) is 304 cm³/mol. The SMILES string of the molecule is COc1cc(N2CCC(N3CCN(C(=O)COCCON(C(C)=O)[C@H](C(=O)N4C[C@H](O)C[C@H]4C(=O)NCc4ccc(-c5scnc5C)cc4)C(C)(C)C)CC3)CC2)ccc1Nc1ncnc(Nc2ccccc2S(=O)(=O)C(C)C)n1. The van der Waals surface area contributed by atoms with Gasteiger partial charge in [0.15, 0.2) is 9.84 Å². The summed E-state index contributed by atoms with van der Waals surface area (Å²) in [4.78, 5) is 86.9. The van der Waals surface area contributed by atoms with E-state index < -0.39 is 56.4 Å². The Labute approximate surface area is 472 Å². The Kier molecular flexibility index (Phi) is 19.4. The molecule has 22 nitrogen and oxygen atoms in total. The Morgan fingerprint density at radius 3 is 2.21 bits per heavy atom. The first-order valence-electron chi connectivity index (χ1n) is 27.0. The third-order valence-corrected chi connectivity index (χ3v) is 17.8. The maximum Gasteiger partial charge on any atom is 0.249 e. The molecule has 0 bridgehead atoms. The number of carbonyl (C=O) groups excluding carboxylic acids is 4. The van der Waals surface area contributed by atoms with Gasteiger partial charge in [0.2, 0.25) is 35.5 Å². The second kappa shape index (κ2) is 26.2. The third kappa shape index (κ3) is 14.4. The number of likely N-dealkylation sites (tertiary alicyclic amines) is 1. The van der Waals surface area contributed by atoms with Crippen LogP contribution in [0.1, 0.15) is 72.1 Å². The maximum absolute atomic E-state index is 14.4. The van der Waals surface area contributed by atoms with Crippen LogP contribution in [0.25, 0.3) is 10.4 Å². The van der Waals surface area contributed by atoms with Gasteiger partial charge in [0.1, 0.15) is 30.8 Å². The summed E-state index contributed by atoms with van der Waals surface area (Å²) in [6.45, 7) is 16.0. The number of carbonyl (C=O) groups is 4. The highest BCUT2D eigenvalue weighted by Gasteiger charge is 2.47. The number of aromatic nitrogens is 4. The number of aliphatic hydroxyl groups is 1. The van der Waals surface area contributed by atoms with Crippen LogP contribution in [0.4, 0.5) is 29.0 Å². The highest BCUT2D eigenvalue weighted by molar-refractivity contribution is 7.92. The number of anilines is 5. The molecule has 0 saturated carbocycles. The molecule has 0 unspecified atom stereocenters. The Morgan fingerprint density at radius 1 is 0.887 bits per heavy atom. The van der Waals surface area contributed by atoms with Crippen LogP contribution >= 0.6 is 11.3 Å². The average Bonchev–Trinajstić information content (AvgIpc) is 4.12. The highest BCUT2D eigenvalue weighted by Crippen LogP contribution is 2.35. The number of hydroxylamine groups is 2. The van der Waals surface area contributed by atoms with E-state index in [4.69, 9.17) is 14.3 Å². The highest BCUT2D eigenvalue weighted by atomic mass is 32.2. The van der Waals surface area contributed by atoms with Gasteiger partial charge in [0, 0.05) is 83.5 Å². The summed E-state index contributed by atoms with van der Waals surface area (Å²) in [5.74, 6) is -0.592. The number of benzene rings is 3. The summed E-state index contributed by atoms with van der Waals surface area (Å²) in [6.07, 6.45) is 2.35. The van der Waals surface area contributed by atoms with Gasteiger partial charge in [-0.05, 0) is 74.4 Å². The van der Waals surface area contributed by atoms with Crippen molar-refractivity contribution in [1.82, 2.24) is 45.0 Å². The molecule has 430 valence electrons. The molecular formula is C56H74N12O10S2. The van der Waals surface area contributed by atoms with Gasteiger partial charge in [0.05, 0.1) is 64.0 Å². The zero-order valence-corrected chi connectivity index (χ0v) is 48.4. The number of nitrogens with one attached hydrogen (secondary N) is 3. The lowest BCUT2D eigenvalue weighted by Crippen LogP contribution is -2.58. The van der Waals surface area contributed by atoms with Crippen molar-refractivity contribution in [2.24, 2.45) is 5.41 Å². The Hall–Kier alpha value is -6.83. The summed E-state index contributed by atoms with van der Waals surface area (Å²) in [5, 5.41) is 20.3. The lowest BCUT2D eigenvalue weighted by molar-refractivity contribution is -0.218. The van der Waals surface area contributed by atoms with E-state index in [-0.39, 0.29) is 62.0 Å². The van der Waals surface area contributed by atoms with Crippen LogP contribution in [-0.2, 0) is 45.1 Å². The van der Waals surface area contributed by atoms with Crippen molar-refractivity contribution >= 4 is 73.8 Å². The molecule has 3 aliphatic rings. The van der Waals surface area contributed by atoms with E-state index in [9.17, 15) is 32.7 Å². The molecule has 2 aromatic heterocycles. The second-order valence-corrected chi connectivity index (χ2v) is 24.9. The first-order valence-corrected chi connectivity index (χ1v) is 29.4. The summed E-state index contributed by atoms with van der Waals surface area (Å²) < 4.78 is 37.6. The topological polar surface area (TPSA) is 254 Å². The molecule has 8 rings (SSSR count). The number of piperidine rings is 1. The van der Waals surface area contributed by atoms with Gasteiger partial charge < -0.3 is 45.2 Å². The second-order valence-electron chi connectivity index (χ2n) is 21.6. The van der Waals surface area contributed by atoms with Crippen LogP contribution in [0.15, 0.2) is 83.5 Å². The Bertz CT molecular complexity index is 3070. The van der Waals surface area contributed by atoms with E-state index in [0.717, 1.165) is 71.5 Å². The number of thiazole rings is 1. The standard InChI is InChI=1S/C56H74N12O10S2/c1-36(2)80(74,75)48-12-10-9-11-45(48)62-55-59-34-58-54(63-55)61-44-18-17-42(29-47(44)76-8)64-21-19-41(20-22-64)65-23-25-66(26-24-65)49(71)33-77-27-28-78-68(38(4)69)51(56(5,6)7)53(73)67-32-43(70)30-46(67)52(72)57-31-39-13-15-40(16-14-39)50-37(3)60-35-79-50/h9-18,29,34-36,41,43,46,51,70H,19-28,30-33H2,1-8H3,(H,57,72)(H2,58,59,61,62,63)/t43-,46+,51-/m1/s1. The molecule has 0 radical (unpaired) electrons. The van der Waals surface area contributed by atoms with Gasteiger partial charge in [-0.1, -0.05) is 57.2 Å². The smallest absolute Gasteiger partial charge is 0.249 e. The number of aliphatic hydroxyl groups excluding tert-OH is 1. The molecule has 3 aliphatic heterocycles. The first kappa shape index (κ1) is 59.3. The van der Waals surface area contributed by atoms with E-state index in [1.807, 2.05) is 49.4 Å². The molecule has 80 heavy (non-hydrogen) atoms. The van der Waals surface area contributed by atoms with Gasteiger partial charge in [-0.2, -0.15) is 4.98 Å². The molecular weight excluding hydrogens is 1060 g/mol. The van der Waals surface area contributed by atoms with Crippen molar-refractivity contribution in [3.05, 3.63) is 89.8 Å². The number of piperazine rings is 1. The minimum Gasteiger partial charge on any atom is -0.494 e. The van der Waals surface area contributed by atoms with E-state index in [2.05, 4.69) is 45.7 Å². The van der Waals surface area contributed by atoms with Crippen LogP contribution < -0.4 is 25.6 Å². The van der Waals surface area contributed by atoms with Crippen LogP contribution in [0.3, 0.4) is 0 Å². The van der Waals surface area contributed by atoms with Gasteiger partial charge in [-0.15, -0.1) is 11.3 Å². The molecule has 4 amide bonds. The monoisotopic (exact) mass is 1140 g/mol. The number of hydrogen-bond donors (Lipinski definition) is 4. The molecule has 5 heterocycles. The number of para-hydroxylation sites is 1. The summed E-state index contributed by atoms with van der Waals surface area (Å²) >= 11 is 1.56. The van der Waals surface area contributed by atoms with Gasteiger partial charge in [-0.25, -0.2) is 28.4 Å². The molecule has 24 heteroatoms. The summed E-state index contributed by atoms with van der Waals surface area (Å²) in [5.41, 5.74) is 5.84. The van der Waals surface area contributed by atoms with E-state index in [0.29, 0.717) is 36.3 Å². The zero-order valence-electron chi connectivity index (χ0n) is 46.8. The van der Waals surface area contributed by atoms with Gasteiger partial charge in [0.25, 0.3) is 0 Å². The van der Waals surface area contributed by atoms with Crippen molar-refractivity contribution in [3.63, 3.8) is 0 Å². The molecule has 4 N–H and O–H groups in total. The van der Waals surface area contributed by atoms with Crippen LogP contribution in [0.5, 0.6) is 5.75 Å². The van der Waals surface area contributed by atoms with Gasteiger partial charge >= 0.3 is 0 Å². The average molecular weight is 1140 g/mol. The van der Waals surface area contributed by atoms with Crippen molar-refractivity contribution in [3.8, 4) is 16.2 Å². The lowest BCUT2D eigenvalue weighted by Gasteiger charge is -2.43. The van der Waals surface area contributed by atoms with Crippen molar-refractivity contribution < 1.29 is 47.0 Å². The minimum absolute atomic E-state index is 0.0217. The molecule has 0 spiro atoms. The number of nitrogens with zero attached hydrogens (tertiary/aromatic N) is 9. The molecule has 3 saturated heterocycles. The fraction of sp³-hybridized carbons (Fsp3) is 0.500. The lowest BCUT2D eigenvalue weighted by atomic mass is 9.85. The fourth-order valence-electron chi connectivity index (χ4n) is 10.3. The number of hydrogen-bond acceptors (Lipinski definition) is 19. The van der Waals surface area contributed by atoms with Crippen molar-refractivity contribution in [1.29, 1.82) is 0 Å². The predicted octanol–water partition coefficient (Wildman–Crippen LogP) is 5.58. The summed E-state index contributed by atoms with van der Waals surface area (Å²) in [6, 6.07) is 18.6. The van der Waals surface area contributed by atoms with Crippen LogP contribution in [0, 0.1) is 12.3 Å². The molecule has 3 fully saturated rings. The molecule has 3 atom stereocenters. The normalized spacial score (nSPS) is 17.8. The van der Waals surface area contributed by atoms with Crippen molar-refractivity contribution in [2.75, 3.05) is 88.3 Å². The van der Waals surface area contributed by atoms with E-state index >= 15 is 0 Å². The van der Waals surface area contributed by atoms with Crippen LogP contribution in [-0.4, -0.2) is 179 Å². The number of aryl methyl sites for hydroxylation is 1. The fourth-order valence-corrected chi connectivity index (χ4v) is 12.3. The van der Waals surface area contributed by atoms with E-state index in [1.165, 1.54) is 18.2 Å². The third-order valence-electron chi connectivity index (χ3n) is 14.7. The number of ether oxygens (including phenoxy) is 2. The Morgan fingerprint density at radius 2 is 1.57 bits per heavy atom. The summed E-state index contributed by atoms with van der Waals surface area (Å²) in [7, 11) is -1.96. The molecule has 5 aromatic rings. The maximum atomic E-state index is 14.4. The Balaban J connectivity index is 0.761. The van der Waals surface area contributed by atoms with E-state index in [1.54, 1.807) is 87.7 Å². The number of sulfone groups is 1. The van der Waals surface area contributed by atoms with Crippen molar-refractivity contribution in [2.45, 2.75) is 109 Å². The first-order chi connectivity index (χ1) is 38.2.